The second kappa shape index (κ2) is 6.88. The van der Waals surface area contributed by atoms with E-state index in [0.29, 0.717) is 5.75 Å². The molecule has 102 valence electrons. The molecule has 0 aliphatic carbocycles. The number of nitrogens with one attached hydrogen (secondary N) is 1. The first-order valence-corrected chi connectivity index (χ1v) is 7.41. The third kappa shape index (κ3) is 3.68. The van der Waals surface area contributed by atoms with Crippen molar-refractivity contribution in [2.75, 3.05) is 14.2 Å². The zero-order valence-corrected chi connectivity index (χ0v) is 13.2. The molecule has 0 fully saturated rings. The Morgan fingerprint density at radius 3 is 2.74 bits per heavy atom. The molecular weight excluding hydrogens is 328 g/mol. The lowest BCUT2D eigenvalue weighted by molar-refractivity contribution is 0.352. The lowest BCUT2D eigenvalue weighted by atomic mass is 10.2. The number of ether oxygens (including phenoxy) is 2. The summed E-state index contributed by atoms with van der Waals surface area (Å²) in [5.74, 6) is 1.44. The first-order valence-electron chi connectivity index (χ1n) is 5.74. The van der Waals surface area contributed by atoms with Crippen LogP contribution in [0.1, 0.15) is 10.6 Å². The highest BCUT2D eigenvalue weighted by Crippen LogP contribution is 2.36. The van der Waals surface area contributed by atoms with Crippen LogP contribution in [0.3, 0.4) is 0 Å². The zero-order chi connectivity index (χ0) is 13.7. The molecule has 0 unspecified atom stereocenters. The normalized spacial score (nSPS) is 10.5. The fourth-order valence-corrected chi connectivity index (χ4v) is 2.96. The van der Waals surface area contributed by atoms with Gasteiger partial charge in [-0.25, -0.2) is 4.98 Å². The predicted octanol–water partition coefficient (Wildman–Crippen LogP) is 3.21. The van der Waals surface area contributed by atoms with Gasteiger partial charge in [-0.15, -0.1) is 11.3 Å². The van der Waals surface area contributed by atoms with E-state index < -0.39 is 0 Å². The van der Waals surface area contributed by atoms with E-state index in [1.54, 1.807) is 25.6 Å². The number of halogens is 1. The van der Waals surface area contributed by atoms with E-state index in [4.69, 9.17) is 9.47 Å². The van der Waals surface area contributed by atoms with Crippen LogP contribution in [0.5, 0.6) is 11.5 Å². The smallest absolute Gasteiger partial charge is 0.174 e. The number of thiazole rings is 1. The minimum Gasteiger partial charge on any atom is -0.493 e. The van der Waals surface area contributed by atoms with Gasteiger partial charge in [0.1, 0.15) is 5.01 Å². The van der Waals surface area contributed by atoms with Crippen molar-refractivity contribution >= 4 is 27.3 Å². The van der Waals surface area contributed by atoms with Crippen molar-refractivity contribution < 1.29 is 9.47 Å². The maximum Gasteiger partial charge on any atom is 0.174 e. The molecule has 0 saturated carbocycles. The van der Waals surface area contributed by atoms with Crippen molar-refractivity contribution in [3.8, 4) is 11.5 Å². The third-order valence-corrected chi connectivity index (χ3v) is 3.95. The van der Waals surface area contributed by atoms with Crippen LogP contribution < -0.4 is 14.8 Å². The molecule has 1 aromatic heterocycles. The van der Waals surface area contributed by atoms with Crippen molar-refractivity contribution in [1.29, 1.82) is 0 Å². The van der Waals surface area contributed by atoms with Gasteiger partial charge in [0.05, 0.1) is 18.7 Å². The van der Waals surface area contributed by atoms with Gasteiger partial charge in [0.2, 0.25) is 0 Å². The van der Waals surface area contributed by atoms with E-state index in [9.17, 15) is 0 Å². The van der Waals surface area contributed by atoms with Crippen LogP contribution in [0.4, 0.5) is 0 Å². The number of hydrogen-bond donors (Lipinski definition) is 1. The van der Waals surface area contributed by atoms with Gasteiger partial charge in [0, 0.05) is 24.7 Å². The minimum atomic E-state index is 0.714. The van der Waals surface area contributed by atoms with Gasteiger partial charge in [-0.2, -0.15) is 0 Å². The monoisotopic (exact) mass is 342 g/mol. The van der Waals surface area contributed by atoms with E-state index in [0.717, 1.165) is 33.9 Å². The molecule has 6 heteroatoms. The van der Waals surface area contributed by atoms with Gasteiger partial charge < -0.3 is 14.8 Å². The summed E-state index contributed by atoms with van der Waals surface area (Å²) in [5, 5.41) is 6.41. The SMILES string of the molecule is COc1cc(CNCc2nccs2)cc(Br)c1OC. The molecular formula is C13H15BrN2O2S. The van der Waals surface area contributed by atoms with Gasteiger partial charge >= 0.3 is 0 Å². The maximum absolute atomic E-state index is 5.32. The molecule has 0 aliphatic heterocycles. The number of benzene rings is 1. The van der Waals surface area contributed by atoms with Crippen LogP contribution in [-0.2, 0) is 13.1 Å². The Hall–Kier alpha value is -1.11. The number of rotatable bonds is 6. The quantitative estimate of drug-likeness (QED) is 0.875. The van der Waals surface area contributed by atoms with Crippen LogP contribution >= 0.6 is 27.3 Å². The Kier molecular flexibility index (Phi) is 5.18. The van der Waals surface area contributed by atoms with Crippen LogP contribution in [0.25, 0.3) is 0 Å². The highest BCUT2D eigenvalue weighted by Gasteiger charge is 2.10. The predicted molar refractivity (Wildman–Crippen MR) is 79.9 cm³/mol. The lowest BCUT2D eigenvalue weighted by Crippen LogP contribution is -2.12. The summed E-state index contributed by atoms with van der Waals surface area (Å²) in [4.78, 5) is 4.23. The van der Waals surface area contributed by atoms with Crippen molar-refractivity contribution in [2.45, 2.75) is 13.1 Å². The Morgan fingerprint density at radius 2 is 2.11 bits per heavy atom. The maximum atomic E-state index is 5.32. The molecule has 1 heterocycles. The van der Waals surface area contributed by atoms with Crippen LogP contribution in [0, 0.1) is 0 Å². The highest BCUT2D eigenvalue weighted by molar-refractivity contribution is 9.10. The molecule has 0 aliphatic rings. The van der Waals surface area contributed by atoms with Crippen LogP contribution in [0.2, 0.25) is 0 Å². The molecule has 0 spiro atoms. The van der Waals surface area contributed by atoms with Crippen molar-refractivity contribution in [3.05, 3.63) is 38.8 Å². The lowest BCUT2D eigenvalue weighted by Gasteiger charge is -2.12. The second-order valence-electron chi connectivity index (χ2n) is 3.84. The highest BCUT2D eigenvalue weighted by atomic mass is 79.9. The molecule has 1 aromatic carbocycles. The summed E-state index contributed by atoms with van der Waals surface area (Å²) < 4.78 is 11.5. The molecule has 0 amide bonds. The fraction of sp³-hybridized carbons (Fsp3) is 0.308. The summed E-state index contributed by atoms with van der Waals surface area (Å²) >= 11 is 5.13. The number of nitrogens with zero attached hydrogens (tertiary/aromatic N) is 1. The summed E-state index contributed by atoms with van der Waals surface area (Å²) in [6.07, 6.45) is 1.81. The van der Waals surface area contributed by atoms with Crippen molar-refractivity contribution in [1.82, 2.24) is 10.3 Å². The largest absolute Gasteiger partial charge is 0.493 e. The van der Waals surface area contributed by atoms with Crippen molar-refractivity contribution in [2.24, 2.45) is 0 Å². The first-order chi connectivity index (χ1) is 9.24. The van der Waals surface area contributed by atoms with Crippen LogP contribution in [-0.4, -0.2) is 19.2 Å². The van der Waals surface area contributed by atoms with Gasteiger partial charge in [0.15, 0.2) is 11.5 Å². The number of aromatic nitrogens is 1. The van der Waals surface area contributed by atoms with E-state index >= 15 is 0 Å². The van der Waals surface area contributed by atoms with E-state index in [1.807, 2.05) is 23.7 Å². The van der Waals surface area contributed by atoms with E-state index in [2.05, 4.69) is 26.2 Å². The van der Waals surface area contributed by atoms with Gasteiger partial charge in [-0.1, -0.05) is 0 Å². The van der Waals surface area contributed by atoms with Gasteiger partial charge in [0.25, 0.3) is 0 Å². The molecule has 0 saturated heterocycles. The van der Waals surface area contributed by atoms with E-state index in [1.165, 1.54) is 0 Å². The summed E-state index contributed by atoms with van der Waals surface area (Å²) in [6.45, 7) is 1.52. The minimum absolute atomic E-state index is 0.714. The Morgan fingerprint density at radius 1 is 1.26 bits per heavy atom. The molecule has 4 nitrogen and oxygen atoms in total. The molecule has 2 aromatic rings. The van der Waals surface area contributed by atoms with Gasteiger partial charge in [-0.05, 0) is 33.6 Å². The number of methoxy groups -OCH3 is 2. The summed E-state index contributed by atoms with van der Waals surface area (Å²) in [6, 6.07) is 3.99. The van der Waals surface area contributed by atoms with E-state index in [-0.39, 0.29) is 0 Å². The molecule has 1 N–H and O–H groups in total. The van der Waals surface area contributed by atoms with Crippen molar-refractivity contribution in [3.63, 3.8) is 0 Å². The molecule has 19 heavy (non-hydrogen) atoms. The summed E-state index contributed by atoms with van der Waals surface area (Å²) in [7, 11) is 3.26. The van der Waals surface area contributed by atoms with Gasteiger partial charge in [-0.3, -0.25) is 0 Å². The van der Waals surface area contributed by atoms with Crippen LogP contribution in [0.15, 0.2) is 28.2 Å². The topological polar surface area (TPSA) is 43.4 Å². The Labute approximate surface area is 124 Å². The summed E-state index contributed by atoms with van der Waals surface area (Å²) in [5.41, 5.74) is 1.13. The molecule has 2 rings (SSSR count). The first kappa shape index (κ1) is 14.3. The average molecular weight is 343 g/mol. The Balaban J connectivity index is 2.02. The molecule has 0 radical (unpaired) electrons. The Bertz CT molecular complexity index is 532. The average Bonchev–Trinajstić information content (AvgIpc) is 2.91. The standard InChI is InChI=1S/C13H15BrN2O2S/c1-17-11-6-9(5-10(14)13(11)18-2)7-15-8-12-16-3-4-19-12/h3-6,15H,7-8H2,1-2H3. The second-order valence-corrected chi connectivity index (χ2v) is 5.68. The fourth-order valence-electron chi connectivity index (χ4n) is 1.73. The zero-order valence-electron chi connectivity index (χ0n) is 10.8. The molecule has 0 bridgehead atoms. The third-order valence-electron chi connectivity index (χ3n) is 2.58. The molecule has 0 atom stereocenters. The number of hydrogen-bond acceptors (Lipinski definition) is 5.